The van der Waals surface area contributed by atoms with E-state index in [2.05, 4.69) is 19.2 Å². The summed E-state index contributed by atoms with van der Waals surface area (Å²) in [6.07, 6.45) is 8.39. The first-order valence-electron chi connectivity index (χ1n) is 8.54. The summed E-state index contributed by atoms with van der Waals surface area (Å²) < 4.78 is 6.16. The van der Waals surface area contributed by atoms with Gasteiger partial charge in [-0.05, 0) is 50.9 Å². The van der Waals surface area contributed by atoms with Crippen LogP contribution >= 0.6 is 0 Å². The molecule has 3 N–H and O–H groups in total. The second-order valence-corrected chi connectivity index (χ2v) is 7.80. The van der Waals surface area contributed by atoms with Gasteiger partial charge in [-0.2, -0.15) is 0 Å². The van der Waals surface area contributed by atoms with Gasteiger partial charge in [-0.3, -0.25) is 4.79 Å². The molecule has 0 aromatic heterocycles. The van der Waals surface area contributed by atoms with Crippen LogP contribution in [-0.2, 0) is 9.53 Å². The first-order chi connectivity index (χ1) is 9.86. The summed E-state index contributed by atoms with van der Waals surface area (Å²) in [4.78, 5) is 12.3. The van der Waals surface area contributed by atoms with E-state index in [1.807, 2.05) is 6.92 Å². The van der Waals surface area contributed by atoms with E-state index >= 15 is 0 Å². The molecule has 0 aliphatic heterocycles. The number of amides is 1. The van der Waals surface area contributed by atoms with E-state index in [-0.39, 0.29) is 11.5 Å². The summed E-state index contributed by atoms with van der Waals surface area (Å²) in [6.45, 7) is 6.96. The van der Waals surface area contributed by atoms with Crippen LogP contribution in [0.1, 0.15) is 72.1 Å². The van der Waals surface area contributed by atoms with Crippen molar-refractivity contribution in [3.8, 4) is 0 Å². The number of hydrogen-bond acceptors (Lipinski definition) is 3. The maximum Gasteiger partial charge on any atom is 0.249 e. The Morgan fingerprint density at radius 2 is 1.81 bits per heavy atom. The molecular weight excluding hydrogens is 264 g/mol. The maximum absolute atomic E-state index is 12.3. The van der Waals surface area contributed by atoms with Gasteiger partial charge in [0, 0.05) is 12.6 Å². The highest BCUT2D eigenvalue weighted by molar-refractivity contribution is 5.80. The molecule has 1 unspecified atom stereocenters. The van der Waals surface area contributed by atoms with E-state index in [1.54, 1.807) is 0 Å². The monoisotopic (exact) mass is 296 g/mol. The van der Waals surface area contributed by atoms with E-state index in [4.69, 9.17) is 10.5 Å². The number of rotatable bonds is 5. The van der Waals surface area contributed by atoms with E-state index in [1.165, 1.54) is 12.8 Å². The zero-order valence-electron chi connectivity index (χ0n) is 13.9. The van der Waals surface area contributed by atoms with Gasteiger partial charge in [0.1, 0.15) is 6.10 Å². The molecule has 0 radical (unpaired) electrons. The average molecular weight is 296 g/mol. The molecular formula is C17H32N2O2. The highest BCUT2D eigenvalue weighted by Crippen LogP contribution is 2.42. The van der Waals surface area contributed by atoms with Gasteiger partial charge in [0.2, 0.25) is 5.91 Å². The van der Waals surface area contributed by atoms with Crippen molar-refractivity contribution in [2.75, 3.05) is 6.54 Å². The molecule has 4 heteroatoms. The van der Waals surface area contributed by atoms with Crippen molar-refractivity contribution < 1.29 is 9.53 Å². The van der Waals surface area contributed by atoms with Crippen LogP contribution < -0.4 is 11.1 Å². The number of nitrogens with two attached hydrogens (primary N) is 1. The zero-order valence-corrected chi connectivity index (χ0v) is 13.9. The maximum atomic E-state index is 12.3. The van der Waals surface area contributed by atoms with Crippen LogP contribution in [0.25, 0.3) is 0 Å². The summed E-state index contributed by atoms with van der Waals surface area (Å²) in [5.41, 5.74) is 6.05. The Balaban J connectivity index is 1.87. The van der Waals surface area contributed by atoms with Crippen LogP contribution in [0, 0.1) is 5.41 Å². The third-order valence-electron chi connectivity index (χ3n) is 5.38. The molecule has 21 heavy (non-hydrogen) atoms. The van der Waals surface area contributed by atoms with Crippen LogP contribution in [0.3, 0.4) is 0 Å². The van der Waals surface area contributed by atoms with Gasteiger partial charge in [-0.25, -0.2) is 0 Å². The summed E-state index contributed by atoms with van der Waals surface area (Å²) in [5, 5.41) is 3.12. The largest absolute Gasteiger partial charge is 0.361 e. The van der Waals surface area contributed by atoms with E-state index in [9.17, 15) is 4.79 Å². The molecule has 0 bridgehead atoms. The third-order valence-corrected chi connectivity index (χ3v) is 5.38. The number of nitrogens with one attached hydrogen (secondary N) is 1. The first kappa shape index (κ1) is 16.8. The van der Waals surface area contributed by atoms with E-state index in [0.29, 0.717) is 18.0 Å². The lowest BCUT2D eigenvalue weighted by Gasteiger charge is -2.44. The molecule has 2 aliphatic carbocycles. The molecule has 122 valence electrons. The van der Waals surface area contributed by atoms with Crippen molar-refractivity contribution in [2.24, 2.45) is 11.1 Å². The highest BCUT2D eigenvalue weighted by atomic mass is 16.5. The smallest absolute Gasteiger partial charge is 0.249 e. The fourth-order valence-electron chi connectivity index (χ4n) is 3.57. The van der Waals surface area contributed by atoms with Crippen molar-refractivity contribution >= 4 is 5.91 Å². The van der Waals surface area contributed by atoms with Crippen LogP contribution in [0.15, 0.2) is 0 Å². The van der Waals surface area contributed by atoms with Gasteiger partial charge in [-0.1, -0.05) is 26.7 Å². The molecule has 2 saturated carbocycles. The quantitative estimate of drug-likeness (QED) is 0.820. The molecule has 0 spiro atoms. The number of carbonyl (C=O) groups excluding carboxylic acids is 1. The molecule has 0 aromatic rings. The normalized spacial score (nSPS) is 26.5. The molecule has 2 aliphatic rings. The molecule has 2 fully saturated rings. The Kier molecular flexibility index (Phi) is 5.31. The van der Waals surface area contributed by atoms with Crippen molar-refractivity contribution in [1.82, 2.24) is 5.32 Å². The van der Waals surface area contributed by atoms with Crippen LogP contribution in [0.5, 0.6) is 0 Å². The average Bonchev–Trinajstić information content (AvgIpc) is 2.94. The minimum absolute atomic E-state index is 0.0274. The highest BCUT2D eigenvalue weighted by Gasteiger charge is 2.40. The lowest BCUT2D eigenvalue weighted by atomic mass is 9.71. The van der Waals surface area contributed by atoms with Crippen molar-refractivity contribution in [3.63, 3.8) is 0 Å². The topological polar surface area (TPSA) is 64.3 Å². The summed E-state index contributed by atoms with van der Waals surface area (Å²) in [5.74, 6) is 0.0274. The van der Waals surface area contributed by atoms with Crippen molar-refractivity contribution in [2.45, 2.75) is 89.9 Å². The molecule has 0 heterocycles. The van der Waals surface area contributed by atoms with Gasteiger partial charge in [0.25, 0.3) is 0 Å². The summed E-state index contributed by atoms with van der Waals surface area (Å²) >= 11 is 0. The lowest BCUT2D eigenvalue weighted by molar-refractivity contribution is -0.152. The van der Waals surface area contributed by atoms with Crippen molar-refractivity contribution in [1.29, 1.82) is 0 Å². The van der Waals surface area contributed by atoms with Crippen LogP contribution in [-0.4, -0.2) is 30.2 Å². The fourth-order valence-corrected chi connectivity index (χ4v) is 3.57. The Morgan fingerprint density at radius 3 is 2.33 bits per heavy atom. The minimum Gasteiger partial charge on any atom is -0.361 e. The SMILES string of the molecule is CC(OC1(CN)CCC(C)(C)CC1)C(=O)NC1CCCC1. The Bertz CT molecular complexity index is 352. The molecule has 2 rings (SSSR count). The molecule has 1 amide bonds. The summed E-state index contributed by atoms with van der Waals surface area (Å²) in [7, 11) is 0. The Labute approximate surface area is 129 Å². The number of ether oxygens (including phenoxy) is 1. The molecule has 1 atom stereocenters. The number of carbonyl (C=O) groups is 1. The molecule has 0 saturated heterocycles. The summed E-state index contributed by atoms with van der Waals surface area (Å²) in [6, 6.07) is 0.350. The standard InChI is InChI=1S/C17H32N2O2/c1-13(15(20)19-14-6-4-5-7-14)21-17(12-18)10-8-16(2,3)9-11-17/h13-14H,4-12,18H2,1-3H3,(H,19,20). The van der Waals surface area contributed by atoms with Gasteiger partial charge in [-0.15, -0.1) is 0 Å². The second kappa shape index (κ2) is 6.66. The zero-order chi connectivity index (χ0) is 15.5. The van der Waals surface area contributed by atoms with Crippen LogP contribution in [0.2, 0.25) is 0 Å². The Morgan fingerprint density at radius 1 is 1.24 bits per heavy atom. The molecule has 0 aromatic carbocycles. The number of hydrogen-bond donors (Lipinski definition) is 2. The third kappa shape index (κ3) is 4.43. The van der Waals surface area contributed by atoms with Gasteiger partial charge in [0.05, 0.1) is 5.60 Å². The van der Waals surface area contributed by atoms with E-state index in [0.717, 1.165) is 38.5 Å². The predicted octanol–water partition coefficient (Wildman–Crippen LogP) is 2.75. The van der Waals surface area contributed by atoms with Crippen LogP contribution in [0.4, 0.5) is 0 Å². The van der Waals surface area contributed by atoms with E-state index < -0.39 is 6.10 Å². The van der Waals surface area contributed by atoms with Gasteiger partial charge < -0.3 is 15.8 Å². The fraction of sp³-hybridized carbons (Fsp3) is 0.941. The van der Waals surface area contributed by atoms with Gasteiger partial charge in [0.15, 0.2) is 0 Å². The van der Waals surface area contributed by atoms with Gasteiger partial charge >= 0.3 is 0 Å². The second-order valence-electron chi connectivity index (χ2n) is 7.80. The molecule has 4 nitrogen and oxygen atoms in total. The predicted molar refractivity (Wildman–Crippen MR) is 85.0 cm³/mol. The first-order valence-corrected chi connectivity index (χ1v) is 8.54. The minimum atomic E-state index is -0.407. The Hall–Kier alpha value is -0.610. The lowest BCUT2D eigenvalue weighted by Crippen LogP contribution is -2.51. The van der Waals surface area contributed by atoms with Crippen molar-refractivity contribution in [3.05, 3.63) is 0 Å².